The van der Waals surface area contributed by atoms with Gasteiger partial charge in [0.25, 0.3) is 9.05 Å². The van der Waals surface area contributed by atoms with Crippen molar-refractivity contribution < 1.29 is 13.2 Å². The zero-order valence-corrected chi connectivity index (χ0v) is 12.6. The summed E-state index contributed by atoms with van der Waals surface area (Å²) in [4.78, 5) is 0.0807. The van der Waals surface area contributed by atoms with Gasteiger partial charge in [-0.15, -0.1) is 0 Å². The highest BCUT2D eigenvalue weighted by atomic mass is 35.7. The van der Waals surface area contributed by atoms with Crippen molar-refractivity contribution in [1.29, 1.82) is 0 Å². The Morgan fingerprint density at radius 1 is 1.47 bits per heavy atom. The van der Waals surface area contributed by atoms with Crippen LogP contribution in [0.4, 0.5) is 0 Å². The van der Waals surface area contributed by atoms with Crippen molar-refractivity contribution in [2.75, 3.05) is 6.61 Å². The highest BCUT2D eigenvalue weighted by Gasteiger charge is 2.26. The van der Waals surface area contributed by atoms with Crippen LogP contribution in [-0.4, -0.2) is 24.8 Å². The van der Waals surface area contributed by atoms with E-state index in [0.29, 0.717) is 12.3 Å². The largest absolute Gasteiger partial charge is 0.375 e. The number of hydrogen-bond donors (Lipinski definition) is 0. The summed E-state index contributed by atoms with van der Waals surface area (Å²) in [7, 11) is 1.69. The van der Waals surface area contributed by atoms with Crippen LogP contribution in [-0.2, 0) is 20.4 Å². The molecule has 0 amide bonds. The topological polar surface area (TPSA) is 61.2 Å². The fourth-order valence-corrected chi connectivity index (χ4v) is 3.48. The minimum atomic E-state index is -3.77. The van der Waals surface area contributed by atoms with Crippen molar-refractivity contribution in [2.45, 2.75) is 56.6 Å². The van der Waals surface area contributed by atoms with Gasteiger partial charge in [0.05, 0.1) is 24.5 Å². The Bertz CT molecular complexity index is 521. The lowest BCUT2D eigenvalue weighted by Gasteiger charge is -2.15. The fourth-order valence-electron chi connectivity index (χ4n) is 2.49. The molecule has 1 aromatic heterocycles. The van der Waals surface area contributed by atoms with Gasteiger partial charge in [0.1, 0.15) is 4.90 Å². The Balaban J connectivity index is 2.29. The standard InChI is InChI=1S/C12H19ClN2O3S/c1-2-7-18-9-11-12(19(13,16)17)8-14-15(11)10-5-3-4-6-10/h8,10H,2-7,9H2,1H3. The van der Waals surface area contributed by atoms with E-state index in [9.17, 15) is 8.42 Å². The van der Waals surface area contributed by atoms with Crippen LogP contribution in [0.15, 0.2) is 11.1 Å². The quantitative estimate of drug-likeness (QED) is 0.599. The van der Waals surface area contributed by atoms with E-state index in [-0.39, 0.29) is 17.5 Å². The summed E-state index contributed by atoms with van der Waals surface area (Å²) in [6, 6.07) is 0.271. The summed E-state index contributed by atoms with van der Waals surface area (Å²) in [6.45, 7) is 2.84. The van der Waals surface area contributed by atoms with Crippen molar-refractivity contribution in [2.24, 2.45) is 0 Å². The number of halogens is 1. The average molecular weight is 307 g/mol. The first-order valence-corrected chi connectivity index (χ1v) is 8.93. The Morgan fingerprint density at radius 2 is 2.16 bits per heavy atom. The molecule has 0 aliphatic heterocycles. The molecule has 19 heavy (non-hydrogen) atoms. The summed E-state index contributed by atoms with van der Waals surface area (Å²) in [5, 5.41) is 4.22. The van der Waals surface area contributed by atoms with Crippen LogP contribution in [0.1, 0.15) is 50.8 Å². The van der Waals surface area contributed by atoms with Crippen molar-refractivity contribution in [1.82, 2.24) is 9.78 Å². The minimum absolute atomic E-state index is 0.0807. The molecule has 1 aliphatic carbocycles. The van der Waals surface area contributed by atoms with Crippen LogP contribution < -0.4 is 0 Å². The lowest BCUT2D eigenvalue weighted by Crippen LogP contribution is -2.13. The molecule has 1 aliphatic rings. The molecule has 108 valence electrons. The Hall–Kier alpha value is -0.590. The lowest BCUT2D eigenvalue weighted by atomic mass is 10.2. The molecule has 0 atom stereocenters. The zero-order chi connectivity index (χ0) is 13.9. The van der Waals surface area contributed by atoms with Gasteiger partial charge < -0.3 is 4.74 Å². The average Bonchev–Trinajstić information content (AvgIpc) is 2.95. The molecule has 0 bridgehead atoms. The second-order valence-electron chi connectivity index (χ2n) is 4.83. The van der Waals surface area contributed by atoms with E-state index in [2.05, 4.69) is 5.10 Å². The molecule has 0 spiro atoms. The molecular formula is C12H19ClN2O3S. The van der Waals surface area contributed by atoms with Gasteiger partial charge in [0.15, 0.2) is 0 Å². The van der Waals surface area contributed by atoms with Crippen LogP contribution in [0.25, 0.3) is 0 Å². The maximum absolute atomic E-state index is 11.6. The van der Waals surface area contributed by atoms with E-state index in [1.807, 2.05) is 6.92 Å². The molecule has 1 heterocycles. The third-order valence-corrected chi connectivity index (χ3v) is 4.75. The first-order chi connectivity index (χ1) is 9.04. The predicted octanol–water partition coefficient (Wildman–Crippen LogP) is 2.85. The van der Waals surface area contributed by atoms with Crippen molar-refractivity contribution in [3.63, 3.8) is 0 Å². The van der Waals surface area contributed by atoms with Gasteiger partial charge in [-0.05, 0) is 19.3 Å². The first-order valence-electron chi connectivity index (χ1n) is 6.62. The summed E-state index contributed by atoms with van der Waals surface area (Å²) in [6.07, 6.45) is 6.60. The van der Waals surface area contributed by atoms with Crippen LogP contribution in [0.2, 0.25) is 0 Å². The molecular weight excluding hydrogens is 288 g/mol. The maximum atomic E-state index is 11.6. The summed E-state index contributed by atoms with van der Waals surface area (Å²) >= 11 is 0. The minimum Gasteiger partial charge on any atom is -0.375 e. The molecule has 0 saturated heterocycles. The molecule has 7 heteroatoms. The maximum Gasteiger partial charge on any atom is 0.264 e. The van der Waals surface area contributed by atoms with Crippen molar-refractivity contribution >= 4 is 19.7 Å². The molecule has 0 radical (unpaired) electrons. The zero-order valence-electron chi connectivity index (χ0n) is 11.0. The summed E-state index contributed by atoms with van der Waals surface area (Å²) in [5.41, 5.74) is 0.579. The van der Waals surface area contributed by atoms with Gasteiger partial charge >= 0.3 is 0 Å². The number of ether oxygens (including phenoxy) is 1. The van der Waals surface area contributed by atoms with Gasteiger partial charge in [-0.1, -0.05) is 19.8 Å². The van der Waals surface area contributed by atoms with E-state index in [4.69, 9.17) is 15.4 Å². The van der Waals surface area contributed by atoms with Gasteiger partial charge in [0.2, 0.25) is 0 Å². The summed E-state index contributed by atoms with van der Waals surface area (Å²) < 4.78 is 30.4. The smallest absolute Gasteiger partial charge is 0.264 e. The molecule has 1 saturated carbocycles. The van der Waals surface area contributed by atoms with Crippen molar-refractivity contribution in [3.05, 3.63) is 11.9 Å². The van der Waals surface area contributed by atoms with E-state index in [0.717, 1.165) is 32.1 Å². The highest BCUT2D eigenvalue weighted by molar-refractivity contribution is 8.13. The van der Waals surface area contributed by atoms with Crippen LogP contribution >= 0.6 is 10.7 Å². The van der Waals surface area contributed by atoms with E-state index in [1.54, 1.807) is 4.68 Å². The SMILES string of the molecule is CCCOCc1c(S(=O)(=O)Cl)cnn1C1CCCC1. The second-order valence-corrected chi connectivity index (χ2v) is 7.36. The molecule has 1 aromatic rings. The monoisotopic (exact) mass is 306 g/mol. The van der Waals surface area contributed by atoms with Gasteiger partial charge in [-0.2, -0.15) is 5.10 Å². The third kappa shape index (κ3) is 3.49. The predicted molar refractivity (Wildman–Crippen MR) is 72.7 cm³/mol. The number of rotatable bonds is 6. The lowest BCUT2D eigenvalue weighted by molar-refractivity contribution is 0.112. The second kappa shape index (κ2) is 6.24. The van der Waals surface area contributed by atoms with Gasteiger partial charge in [0, 0.05) is 17.3 Å². The normalized spacial score (nSPS) is 17.2. The van der Waals surface area contributed by atoms with Crippen LogP contribution in [0.5, 0.6) is 0 Å². The Morgan fingerprint density at radius 3 is 2.74 bits per heavy atom. The van der Waals surface area contributed by atoms with E-state index >= 15 is 0 Å². The van der Waals surface area contributed by atoms with Crippen molar-refractivity contribution in [3.8, 4) is 0 Å². The van der Waals surface area contributed by atoms with Crippen LogP contribution in [0.3, 0.4) is 0 Å². The molecule has 0 N–H and O–H groups in total. The molecule has 5 nitrogen and oxygen atoms in total. The van der Waals surface area contributed by atoms with Gasteiger partial charge in [-0.25, -0.2) is 8.42 Å². The number of hydrogen-bond acceptors (Lipinski definition) is 4. The number of nitrogens with zero attached hydrogens (tertiary/aromatic N) is 2. The number of aromatic nitrogens is 2. The van der Waals surface area contributed by atoms with Crippen LogP contribution in [0, 0.1) is 0 Å². The fraction of sp³-hybridized carbons (Fsp3) is 0.750. The van der Waals surface area contributed by atoms with E-state index in [1.165, 1.54) is 6.20 Å². The van der Waals surface area contributed by atoms with Gasteiger partial charge in [-0.3, -0.25) is 4.68 Å². The highest BCUT2D eigenvalue weighted by Crippen LogP contribution is 2.32. The Labute approximate surface area is 118 Å². The molecule has 0 aromatic carbocycles. The first kappa shape index (κ1) is 14.8. The molecule has 1 fully saturated rings. The third-order valence-electron chi connectivity index (χ3n) is 3.38. The summed E-state index contributed by atoms with van der Waals surface area (Å²) in [5.74, 6) is 0. The molecule has 0 unspecified atom stereocenters. The molecule has 2 rings (SSSR count). The van der Waals surface area contributed by atoms with E-state index < -0.39 is 9.05 Å². The Kier molecular flexibility index (Phi) is 4.86.